The van der Waals surface area contributed by atoms with Gasteiger partial charge in [-0.3, -0.25) is 0 Å². The van der Waals surface area contributed by atoms with E-state index in [0.717, 1.165) is 23.9 Å². The van der Waals surface area contributed by atoms with Crippen molar-refractivity contribution in [3.63, 3.8) is 0 Å². The normalized spacial score (nSPS) is 13.0. The van der Waals surface area contributed by atoms with E-state index in [9.17, 15) is 0 Å². The number of benzene rings is 1. The molecule has 96 valence electrons. The molecular weight excluding hydrogens is 230 g/mol. The van der Waals surface area contributed by atoms with Crippen molar-refractivity contribution in [1.29, 1.82) is 0 Å². The fourth-order valence-corrected chi connectivity index (χ4v) is 2.21. The maximum absolute atomic E-state index is 6.02. The van der Waals surface area contributed by atoms with Crippen LogP contribution < -0.4 is 5.32 Å². The van der Waals surface area contributed by atoms with Crippen LogP contribution in [-0.2, 0) is 0 Å². The van der Waals surface area contributed by atoms with Gasteiger partial charge in [-0.2, -0.15) is 0 Å². The fraction of sp³-hybridized carbons (Fsp3) is 0.600. The Balaban J connectivity index is 2.43. The molecule has 0 saturated carbocycles. The molecule has 2 heteroatoms. The summed E-state index contributed by atoms with van der Waals surface area (Å²) in [5.74, 6) is 0.794. The Morgan fingerprint density at radius 2 is 2.06 bits per heavy atom. The van der Waals surface area contributed by atoms with Gasteiger partial charge in [-0.05, 0) is 49.4 Å². The fourth-order valence-electron chi connectivity index (χ4n) is 2.01. The van der Waals surface area contributed by atoms with Crippen LogP contribution in [0, 0.1) is 5.92 Å². The van der Waals surface area contributed by atoms with E-state index in [1.165, 1.54) is 18.4 Å². The van der Waals surface area contributed by atoms with E-state index in [4.69, 9.17) is 11.6 Å². The first-order valence-corrected chi connectivity index (χ1v) is 7.00. The van der Waals surface area contributed by atoms with Crippen molar-refractivity contribution in [2.45, 2.75) is 46.1 Å². The highest BCUT2D eigenvalue weighted by atomic mass is 35.5. The number of nitrogens with one attached hydrogen (secondary N) is 1. The smallest absolute Gasteiger partial charge is 0.0409 e. The van der Waals surface area contributed by atoms with Crippen molar-refractivity contribution in [2.24, 2.45) is 5.92 Å². The first-order chi connectivity index (χ1) is 8.13. The largest absolute Gasteiger partial charge is 0.310 e. The van der Waals surface area contributed by atoms with Crippen LogP contribution in [0.25, 0.3) is 0 Å². The summed E-state index contributed by atoms with van der Waals surface area (Å²) in [5.41, 5.74) is 1.30. The Labute approximate surface area is 111 Å². The van der Waals surface area contributed by atoms with Gasteiger partial charge >= 0.3 is 0 Å². The minimum absolute atomic E-state index is 0.431. The van der Waals surface area contributed by atoms with Crippen molar-refractivity contribution >= 4 is 11.6 Å². The van der Waals surface area contributed by atoms with Gasteiger partial charge in [-0.25, -0.2) is 0 Å². The Morgan fingerprint density at radius 3 is 2.65 bits per heavy atom. The van der Waals surface area contributed by atoms with Gasteiger partial charge in [0.15, 0.2) is 0 Å². The molecule has 0 aliphatic rings. The molecule has 0 amide bonds. The van der Waals surface area contributed by atoms with E-state index in [-0.39, 0.29) is 0 Å². The zero-order chi connectivity index (χ0) is 12.7. The van der Waals surface area contributed by atoms with Gasteiger partial charge in [0.25, 0.3) is 0 Å². The lowest BCUT2D eigenvalue weighted by Gasteiger charge is -2.18. The van der Waals surface area contributed by atoms with Crippen molar-refractivity contribution < 1.29 is 0 Å². The number of rotatable bonds is 7. The minimum atomic E-state index is 0.431. The summed E-state index contributed by atoms with van der Waals surface area (Å²) >= 11 is 6.02. The second-order valence-electron chi connectivity index (χ2n) is 5.01. The predicted octanol–water partition coefficient (Wildman–Crippen LogP) is 4.82. The molecule has 0 fully saturated rings. The van der Waals surface area contributed by atoms with Crippen molar-refractivity contribution in [3.8, 4) is 0 Å². The molecule has 0 bridgehead atoms. The first kappa shape index (κ1) is 14.5. The Morgan fingerprint density at radius 1 is 1.29 bits per heavy atom. The van der Waals surface area contributed by atoms with Gasteiger partial charge in [0.05, 0.1) is 0 Å². The Kier molecular flexibility index (Phi) is 6.61. The quantitative estimate of drug-likeness (QED) is 0.687. The molecule has 1 atom stereocenters. The summed E-state index contributed by atoms with van der Waals surface area (Å²) in [6.07, 6.45) is 3.63. The molecule has 0 aromatic heterocycles. The summed E-state index contributed by atoms with van der Waals surface area (Å²) in [7, 11) is 0. The first-order valence-electron chi connectivity index (χ1n) is 6.62. The summed E-state index contributed by atoms with van der Waals surface area (Å²) in [4.78, 5) is 0. The third-order valence-electron chi connectivity index (χ3n) is 3.01. The molecule has 1 nitrogen and oxygen atoms in total. The zero-order valence-corrected chi connectivity index (χ0v) is 11.9. The summed E-state index contributed by atoms with van der Waals surface area (Å²) in [6.45, 7) is 7.84. The molecule has 0 spiro atoms. The molecular formula is C15H24ClN. The Bertz CT molecular complexity index is 322. The highest BCUT2D eigenvalue weighted by Crippen LogP contribution is 2.20. The van der Waals surface area contributed by atoms with Crippen LogP contribution in [0.15, 0.2) is 24.3 Å². The molecule has 17 heavy (non-hydrogen) atoms. The third kappa shape index (κ3) is 5.56. The molecule has 1 N–H and O–H groups in total. The third-order valence-corrected chi connectivity index (χ3v) is 3.24. The molecule has 0 heterocycles. The maximum atomic E-state index is 6.02. The number of hydrogen-bond donors (Lipinski definition) is 1. The predicted molar refractivity (Wildman–Crippen MR) is 76.6 cm³/mol. The summed E-state index contributed by atoms with van der Waals surface area (Å²) in [6, 6.07) is 8.59. The van der Waals surface area contributed by atoms with E-state index in [2.05, 4.69) is 38.2 Å². The van der Waals surface area contributed by atoms with Crippen molar-refractivity contribution in [1.82, 2.24) is 5.32 Å². The van der Waals surface area contributed by atoms with Gasteiger partial charge in [-0.15, -0.1) is 0 Å². The maximum Gasteiger partial charge on any atom is 0.0409 e. The highest BCUT2D eigenvalue weighted by Gasteiger charge is 2.08. The van der Waals surface area contributed by atoms with Crippen LogP contribution >= 0.6 is 11.6 Å². The number of halogens is 1. The summed E-state index contributed by atoms with van der Waals surface area (Å²) < 4.78 is 0. The van der Waals surface area contributed by atoms with Crippen LogP contribution in [0.2, 0.25) is 5.02 Å². The van der Waals surface area contributed by atoms with E-state index < -0.39 is 0 Å². The lowest BCUT2D eigenvalue weighted by molar-refractivity contribution is 0.473. The van der Waals surface area contributed by atoms with Gasteiger partial charge in [0, 0.05) is 11.1 Å². The van der Waals surface area contributed by atoms with E-state index in [1.807, 2.05) is 12.1 Å². The second-order valence-corrected chi connectivity index (χ2v) is 5.44. The van der Waals surface area contributed by atoms with Crippen molar-refractivity contribution in [2.75, 3.05) is 6.54 Å². The Hall–Kier alpha value is -0.530. The van der Waals surface area contributed by atoms with Crippen molar-refractivity contribution in [3.05, 3.63) is 34.9 Å². The minimum Gasteiger partial charge on any atom is -0.310 e. The van der Waals surface area contributed by atoms with Gasteiger partial charge in [0.2, 0.25) is 0 Å². The van der Waals surface area contributed by atoms with Gasteiger partial charge in [-0.1, -0.05) is 44.5 Å². The SMILES string of the molecule is CCC(NCCCC(C)C)c1cccc(Cl)c1. The molecule has 1 aromatic rings. The molecule has 0 aliphatic heterocycles. The van der Waals surface area contributed by atoms with Gasteiger partial charge in [0.1, 0.15) is 0 Å². The van der Waals surface area contributed by atoms with Crippen LogP contribution in [0.4, 0.5) is 0 Å². The average molecular weight is 254 g/mol. The van der Waals surface area contributed by atoms with E-state index in [1.54, 1.807) is 0 Å². The average Bonchev–Trinajstić information content (AvgIpc) is 2.29. The molecule has 0 aliphatic carbocycles. The van der Waals surface area contributed by atoms with Crippen LogP contribution in [0.3, 0.4) is 0 Å². The van der Waals surface area contributed by atoms with Crippen LogP contribution in [0.1, 0.15) is 51.6 Å². The molecule has 0 saturated heterocycles. The van der Waals surface area contributed by atoms with E-state index in [0.29, 0.717) is 6.04 Å². The van der Waals surface area contributed by atoms with E-state index >= 15 is 0 Å². The van der Waals surface area contributed by atoms with Crippen LogP contribution in [0.5, 0.6) is 0 Å². The zero-order valence-electron chi connectivity index (χ0n) is 11.2. The molecule has 1 unspecified atom stereocenters. The topological polar surface area (TPSA) is 12.0 Å². The van der Waals surface area contributed by atoms with Crippen LogP contribution in [-0.4, -0.2) is 6.54 Å². The summed E-state index contributed by atoms with van der Waals surface area (Å²) in [5, 5.41) is 4.43. The lowest BCUT2D eigenvalue weighted by atomic mass is 10.0. The molecule has 0 radical (unpaired) electrons. The monoisotopic (exact) mass is 253 g/mol. The van der Waals surface area contributed by atoms with Gasteiger partial charge < -0.3 is 5.32 Å². The molecule has 1 aromatic carbocycles. The highest BCUT2D eigenvalue weighted by molar-refractivity contribution is 6.30. The number of hydrogen-bond acceptors (Lipinski definition) is 1. The lowest BCUT2D eigenvalue weighted by Crippen LogP contribution is -2.22. The molecule has 1 rings (SSSR count). The standard InChI is InChI=1S/C15H24ClN/c1-4-15(17-10-6-7-12(2)3)13-8-5-9-14(16)11-13/h5,8-9,11-12,15,17H,4,6-7,10H2,1-3H3. The second kappa shape index (κ2) is 7.73.